The van der Waals surface area contributed by atoms with E-state index in [0.29, 0.717) is 19.7 Å². The van der Waals surface area contributed by atoms with E-state index in [-0.39, 0.29) is 17.6 Å². The summed E-state index contributed by atoms with van der Waals surface area (Å²) < 4.78 is 17.9. The molecule has 1 saturated heterocycles. The Labute approximate surface area is 155 Å². The quantitative estimate of drug-likeness (QED) is 0.815. The molecule has 142 valence electrons. The lowest BCUT2D eigenvalue weighted by Crippen LogP contribution is -2.41. The summed E-state index contributed by atoms with van der Waals surface area (Å²) in [5.74, 6) is 1.80. The first-order valence-electron chi connectivity index (χ1n) is 9.62. The van der Waals surface area contributed by atoms with Gasteiger partial charge in [0.15, 0.2) is 0 Å². The van der Waals surface area contributed by atoms with Crippen LogP contribution in [0.15, 0.2) is 18.2 Å². The second-order valence-corrected chi connectivity index (χ2v) is 9.09. The average Bonchev–Trinajstić information content (AvgIpc) is 3.30. The number of fused-ring (bicyclic) bond motifs is 3. The van der Waals surface area contributed by atoms with Crippen molar-refractivity contribution in [2.24, 2.45) is 5.92 Å². The summed E-state index contributed by atoms with van der Waals surface area (Å²) in [4.78, 5) is 14.3. The Kier molecular flexibility index (Phi) is 4.18. The van der Waals surface area contributed by atoms with Gasteiger partial charge in [-0.25, -0.2) is 4.79 Å². The molecule has 5 heteroatoms. The maximum absolute atomic E-state index is 12.5. The fourth-order valence-electron chi connectivity index (χ4n) is 3.93. The Morgan fingerprint density at radius 2 is 2.12 bits per heavy atom. The van der Waals surface area contributed by atoms with E-state index in [9.17, 15) is 4.79 Å². The molecule has 3 aliphatic rings. The molecule has 1 aliphatic carbocycles. The van der Waals surface area contributed by atoms with Crippen LogP contribution in [-0.2, 0) is 16.1 Å². The number of amides is 1. The second kappa shape index (κ2) is 6.15. The van der Waals surface area contributed by atoms with Crippen molar-refractivity contribution in [2.75, 3.05) is 19.7 Å². The lowest BCUT2D eigenvalue weighted by atomic mass is 9.81. The van der Waals surface area contributed by atoms with Crippen molar-refractivity contribution in [3.8, 4) is 5.75 Å². The number of hydrogen-bond acceptors (Lipinski definition) is 4. The van der Waals surface area contributed by atoms with E-state index in [1.807, 2.05) is 26.8 Å². The maximum atomic E-state index is 12.5. The molecule has 5 nitrogen and oxygen atoms in total. The minimum Gasteiger partial charge on any atom is -0.493 e. The molecule has 1 saturated carbocycles. The summed E-state index contributed by atoms with van der Waals surface area (Å²) in [5, 5.41) is 0. The monoisotopic (exact) mass is 359 g/mol. The van der Waals surface area contributed by atoms with E-state index >= 15 is 0 Å². The molecule has 0 aromatic heterocycles. The third-order valence-electron chi connectivity index (χ3n) is 5.56. The molecule has 1 amide bonds. The van der Waals surface area contributed by atoms with Gasteiger partial charge in [-0.1, -0.05) is 12.1 Å². The van der Waals surface area contributed by atoms with Crippen molar-refractivity contribution >= 4 is 6.09 Å². The molecule has 2 fully saturated rings. The predicted molar refractivity (Wildman–Crippen MR) is 98.4 cm³/mol. The molecular weight excluding hydrogens is 330 g/mol. The summed E-state index contributed by atoms with van der Waals surface area (Å²) in [6.07, 6.45) is 2.29. The molecule has 0 radical (unpaired) electrons. The van der Waals surface area contributed by atoms with Crippen LogP contribution in [0.3, 0.4) is 0 Å². The van der Waals surface area contributed by atoms with Crippen molar-refractivity contribution in [3.05, 3.63) is 29.3 Å². The number of nitrogens with zero attached hydrogens (tertiary/aromatic N) is 1. The first kappa shape index (κ1) is 17.7. The minimum atomic E-state index is -0.492. The molecule has 1 aromatic carbocycles. The van der Waals surface area contributed by atoms with E-state index < -0.39 is 5.60 Å². The lowest BCUT2D eigenvalue weighted by molar-refractivity contribution is -0.0584. The van der Waals surface area contributed by atoms with Gasteiger partial charge in [0.1, 0.15) is 11.4 Å². The van der Waals surface area contributed by atoms with Gasteiger partial charge >= 0.3 is 6.09 Å². The highest BCUT2D eigenvalue weighted by Gasteiger charge is 2.50. The van der Waals surface area contributed by atoms with Crippen LogP contribution in [0.4, 0.5) is 4.79 Å². The fourth-order valence-corrected chi connectivity index (χ4v) is 3.93. The van der Waals surface area contributed by atoms with Gasteiger partial charge in [-0.3, -0.25) is 0 Å². The summed E-state index contributed by atoms with van der Waals surface area (Å²) in [7, 11) is 0. The highest BCUT2D eigenvalue weighted by Crippen LogP contribution is 2.46. The zero-order valence-electron chi connectivity index (χ0n) is 16.2. The van der Waals surface area contributed by atoms with Gasteiger partial charge in [-0.05, 0) is 58.1 Å². The van der Waals surface area contributed by atoms with Crippen LogP contribution in [-0.4, -0.2) is 41.9 Å². The van der Waals surface area contributed by atoms with Gasteiger partial charge in [-0.2, -0.15) is 0 Å². The Morgan fingerprint density at radius 3 is 2.81 bits per heavy atom. The normalized spacial score (nSPS) is 27.7. The number of carbonyl (C=O) groups excluding carboxylic acids is 1. The number of benzene rings is 1. The van der Waals surface area contributed by atoms with Gasteiger partial charge in [0.05, 0.1) is 25.4 Å². The molecule has 2 heterocycles. The Bertz CT molecular complexity index is 706. The molecule has 2 atom stereocenters. The Hall–Kier alpha value is -1.75. The van der Waals surface area contributed by atoms with Gasteiger partial charge < -0.3 is 19.1 Å². The number of rotatable bonds is 3. The van der Waals surface area contributed by atoms with Crippen molar-refractivity contribution in [3.63, 3.8) is 0 Å². The lowest BCUT2D eigenvalue weighted by Gasteiger charge is -2.37. The van der Waals surface area contributed by atoms with Crippen LogP contribution >= 0.6 is 0 Å². The van der Waals surface area contributed by atoms with Crippen LogP contribution in [0, 0.1) is 5.92 Å². The van der Waals surface area contributed by atoms with Crippen LogP contribution in [0.5, 0.6) is 5.75 Å². The van der Waals surface area contributed by atoms with Crippen LogP contribution in [0.2, 0.25) is 0 Å². The van der Waals surface area contributed by atoms with Gasteiger partial charge in [0.2, 0.25) is 0 Å². The summed E-state index contributed by atoms with van der Waals surface area (Å²) in [6, 6.07) is 6.25. The third kappa shape index (κ3) is 3.41. The molecule has 0 spiro atoms. The molecule has 1 aromatic rings. The fraction of sp³-hybridized carbons (Fsp3) is 0.667. The molecule has 26 heavy (non-hydrogen) atoms. The number of likely N-dealkylation sites (tertiary alicyclic amines) is 1. The van der Waals surface area contributed by atoms with Crippen molar-refractivity contribution < 1.29 is 19.0 Å². The van der Waals surface area contributed by atoms with E-state index in [1.54, 1.807) is 4.90 Å². The highest BCUT2D eigenvalue weighted by molar-refractivity contribution is 5.69. The smallest absolute Gasteiger partial charge is 0.410 e. The van der Waals surface area contributed by atoms with Crippen LogP contribution in [0.1, 0.15) is 57.6 Å². The Balaban J connectivity index is 1.55. The second-order valence-electron chi connectivity index (χ2n) is 9.09. The van der Waals surface area contributed by atoms with Gasteiger partial charge in [0.25, 0.3) is 0 Å². The topological polar surface area (TPSA) is 48.0 Å². The standard InChI is InChI=1S/C21H29NO4/c1-20(2,3)26-19(23)22-10-17-15-6-5-7-18(24-11-14-8-9-14)16(15)12-25-21(17,4)13-22/h5-7,14,17H,8-13H2,1-4H3. The largest absolute Gasteiger partial charge is 0.493 e. The summed E-state index contributed by atoms with van der Waals surface area (Å²) >= 11 is 0. The number of hydrogen-bond donors (Lipinski definition) is 0. The van der Waals surface area contributed by atoms with E-state index in [4.69, 9.17) is 14.2 Å². The van der Waals surface area contributed by atoms with E-state index in [0.717, 1.165) is 23.8 Å². The molecule has 2 unspecified atom stereocenters. The Morgan fingerprint density at radius 1 is 1.35 bits per heavy atom. The first-order valence-corrected chi connectivity index (χ1v) is 9.62. The first-order chi connectivity index (χ1) is 12.3. The van der Waals surface area contributed by atoms with Crippen molar-refractivity contribution in [1.29, 1.82) is 0 Å². The molecule has 0 bridgehead atoms. The van der Waals surface area contributed by atoms with Crippen molar-refractivity contribution in [2.45, 2.75) is 64.3 Å². The summed E-state index contributed by atoms with van der Waals surface area (Å²) in [6.45, 7) is 10.3. The van der Waals surface area contributed by atoms with Crippen LogP contribution < -0.4 is 4.74 Å². The molecule has 4 rings (SSSR count). The van der Waals surface area contributed by atoms with Crippen LogP contribution in [0.25, 0.3) is 0 Å². The van der Waals surface area contributed by atoms with Crippen molar-refractivity contribution in [1.82, 2.24) is 4.90 Å². The van der Waals surface area contributed by atoms with E-state index in [1.165, 1.54) is 18.4 Å². The maximum Gasteiger partial charge on any atom is 0.410 e. The van der Waals surface area contributed by atoms with Gasteiger partial charge in [-0.15, -0.1) is 0 Å². The van der Waals surface area contributed by atoms with Gasteiger partial charge in [0, 0.05) is 18.0 Å². The number of carbonyl (C=O) groups is 1. The average molecular weight is 359 g/mol. The molecule has 0 N–H and O–H groups in total. The SMILES string of the molecule is CC(C)(C)OC(=O)N1CC2c3cccc(OCC4CC4)c3COC2(C)C1. The van der Waals surface area contributed by atoms with E-state index in [2.05, 4.69) is 19.1 Å². The zero-order chi connectivity index (χ0) is 18.5. The third-order valence-corrected chi connectivity index (χ3v) is 5.56. The zero-order valence-corrected chi connectivity index (χ0v) is 16.2. The molecular formula is C21H29NO4. The predicted octanol–water partition coefficient (Wildman–Crippen LogP) is 4.10. The minimum absolute atomic E-state index is 0.142. The molecule has 2 aliphatic heterocycles. The highest BCUT2D eigenvalue weighted by atomic mass is 16.6. The number of ether oxygens (including phenoxy) is 3. The summed E-state index contributed by atoms with van der Waals surface area (Å²) in [5.41, 5.74) is 1.52.